The summed E-state index contributed by atoms with van der Waals surface area (Å²) in [5.41, 5.74) is 3.27. The van der Waals surface area contributed by atoms with Crippen LogP contribution in [-0.2, 0) is 9.84 Å². The Morgan fingerprint density at radius 3 is 2.10 bits per heavy atom. The molecule has 3 nitrogen and oxygen atoms in total. The van der Waals surface area contributed by atoms with E-state index in [1.807, 2.05) is 49.4 Å². The zero-order valence-electron chi connectivity index (χ0n) is 12.2. The molecule has 1 N–H and O–H groups in total. The molecule has 0 saturated carbocycles. The number of nitrogens with one attached hydrogen (secondary N) is 1. The summed E-state index contributed by atoms with van der Waals surface area (Å²) in [6.45, 7) is 2.33. The summed E-state index contributed by atoms with van der Waals surface area (Å²) in [7, 11) is -2.92. The van der Waals surface area contributed by atoms with Crippen molar-refractivity contribution >= 4 is 15.5 Å². The average molecular weight is 303 g/mol. The maximum Gasteiger partial charge on any atom is 0.152 e. The maximum absolute atomic E-state index is 11.6. The van der Waals surface area contributed by atoms with Crippen LogP contribution in [0.5, 0.6) is 0 Å². The molecule has 2 aromatic carbocycles. The first-order chi connectivity index (χ1) is 10.1. The molecule has 21 heavy (non-hydrogen) atoms. The highest BCUT2D eigenvalue weighted by Crippen LogP contribution is 2.20. The van der Waals surface area contributed by atoms with Crippen molar-refractivity contribution in [3.05, 3.63) is 54.6 Å². The Kier molecular flexibility index (Phi) is 5.39. The molecule has 2 aromatic rings. The summed E-state index contributed by atoms with van der Waals surface area (Å²) >= 11 is 0. The van der Waals surface area contributed by atoms with Crippen molar-refractivity contribution in [3.8, 4) is 11.1 Å². The Morgan fingerprint density at radius 1 is 0.857 bits per heavy atom. The predicted molar refractivity (Wildman–Crippen MR) is 89.3 cm³/mol. The minimum Gasteiger partial charge on any atom is -0.384 e. The van der Waals surface area contributed by atoms with Crippen LogP contribution in [0.1, 0.15) is 13.3 Å². The molecular formula is C17H21NO2S. The Labute approximate surface area is 126 Å². The quantitative estimate of drug-likeness (QED) is 0.850. The average Bonchev–Trinajstić information content (AvgIpc) is 2.48. The van der Waals surface area contributed by atoms with E-state index in [4.69, 9.17) is 0 Å². The maximum atomic E-state index is 11.6. The molecular weight excluding hydrogens is 282 g/mol. The number of hydrogen-bond donors (Lipinski definition) is 1. The number of benzene rings is 2. The van der Waals surface area contributed by atoms with Gasteiger partial charge in [0.15, 0.2) is 9.84 Å². The van der Waals surface area contributed by atoms with Gasteiger partial charge in [-0.1, -0.05) is 49.4 Å². The summed E-state index contributed by atoms with van der Waals surface area (Å²) < 4.78 is 23.2. The Morgan fingerprint density at radius 2 is 1.48 bits per heavy atom. The third-order valence-corrected chi connectivity index (χ3v) is 5.11. The molecule has 0 aromatic heterocycles. The molecule has 0 spiro atoms. The standard InChI is InChI=1S/C17H21NO2S/c1-2-13-21(19,20)14-12-18-17-10-8-16(9-11-17)15-6-4-3-5-7-15/h3-11,18H,2,12-14H2,1H3. The van der Waals surface area contributed by atoms with Gasteiger partial charge in [-0.25, -0.2) is 8.42 Å². The summed E-state index contributed by atoms with van der Waals surface area (Å²) in [6, 6.07) is 18.2. The molecule has 0 heterocycles. The molecule has 0 aliphatic carbocycles. The summed E-state index contributed by atoms with van der Waals surface area (Å²) in [4.78, 5) is 0. The number of rotatable bonds is 7. The van der Waals surface area contributed by atoms with E-state index >= 15 is 0 Å². The van der Waals surface area contributed by atoms with Gasteiger partial charge in [0.2, 0.25) is 0 Å². The molecule has 0 radical (unpaired) electrons. The van der Waals surface area contributed by atoms with Crippen molar-refractivity contribution in [1.29, 1.82) is 0 Å². The highest BCUT2D eigenvalue weighted by Gasteiger charge is 2.08. The zero-order valence-corrected chi connectivity index (χ0v) is 13.1. The van der Waals surface area contributed by atoms with Gasteiger partial charge in [0.25, 0.3) is 0 Å². The lowest BCUT2D eigenvalue weighted by Gasteiger charge is -2.08. The van der Waals surface area contributed by atoms with E-state index in [0.29, 0.717) is 13.0 Å². The minimum atomic E-state index is -2.92. The molecule has 0 unspecified atom stereocenters. The van der Waals surface area contributed by atoms with Crippen molar-refractivity contribution in [3.63, 3.8) is 0 Å². The predicted octanol–water partition coefficient (Wildman–Crippen LogP) is 3.59. The lowest BCUT2D eigenvalue weighted by Crippen LogP contribution is -2.18. The van der Waals surface area contributed by atoms with Gasteiger partial charge in [-0.15, -0.1) is 0 Å². The molecule has 0 aliphatic rings. The summed E-state index contributed by atoms with van der Waals surface area (Å²) in [5, 5.41) is 3.16. The molecule has 2 rings (SSSR count). The van der Waals surface area contributed by atoms with Crippen LogP contribution in [0.2, 0.25) is 0 Å². The van der Waals surface area contributed by atoms with Gasteiger partial charge >= 0.3 is 0 Å². The van der Waals surface area contributed by atoms with Crippen molar-refractivity contribution in [2.45, 2.75) is 13.3 Å². The minimum absolute atomic E-state index is 0.182. The number of anilines is 1. The van der Waals surface area contributed by atoms with Crippen molar-refractivity contribution in [2.24, 2.45) is 0 Å². The third-order valence-electron chi connectivity index (χ3n) is 3.25. The van der Waals surface area contributed by atoms with E-state index in [0.717, 1.165) is 11.3 Å². The van der Waals surface area contributed by atoms with Gasteiger partial charge in [0.05, 0.1) is 5.75 Å². The Hall–Kier alpha value is -1.81. The van der Waals surface area contributed by atoms with Gasteiger partial charge in [0, 0.05) is 18.0 Å². The molecule has 0 atom stereocenters. The second kappa shape index (κ2) is 7.27. The first-order valence-electron chi connectivity index (χ1n) is 7.20. The third kappa shape index (κ3) is 4.90. The van der Waals surface area contributed by atoms with Crippen LogP contribution in [0.3, 0.4) is 0 Å². The fraction of sp³-hybridized carbons (Fsp3) is 0.294. The van der Waals surface area contributed by atoms with E-state index < -0.39 is 9.84 Å². The molecule has 0 saturated heterocycles. The van der Waals surface area contributed by atoms with E-state index in [2.05, 4.69) is 17.4 Å². The van der Waals surface area contributed by atoms with Crippen molar-refractivity contribution in [1.82, 2.24) is 0 Å². The summed E-state index contributed by atoms with van der Waals surface area (Å²) in [6.07, 6.45) is 0.675. The number of hydrogen-bond acceptors (Lipinski definition) is 3. The second-order valence-electron chi connectivity index (χ2n) is 5.02. The van der Waals surface area contributed by atoms with E-state index in [9.17, 15) is 8.42 Å². The van der Waals surface area contributed by atoms with Gasteiger partial charge in [-0.2, -0.15) is 0 Å². The normalized spacial score (nSPS) is 11.3. The Balaban J connectivity index is 1.92. The van der Waals surface area contributed by atoms with Crippen molar-refractivity contribution < 1.29 is 8.42 Å². The fourth-order valence-electron chi connectivity index (χ4n) is 2.18. The highest BCUT2D eigenvalue weighted by molar-refractivity contribution is 7.91. The second-order valence-corrected chi connectivity index (χ2v) is 7.33. The topological polar surface area (TPSA) is 46.2 Å². The van der Waals surface area contributed by atoms with Gasteiger partial charge < -0.3 is 5.32 Å². The van der Waals surface area contributed by atoms with Crippen LogP contribution in [0.25, 0.3) is 11.1 Å². The first kappa shape index (κ1) is 15.6. The zero-order chi connectivity index (χ0) is 15.1. The SMILES string of the molecule is CCCS(=O)(=O)CCNc1ccc(-c2ccccc2)cc1. The van der Waals surface area contributed by atoms with Crippen LogP contribution >= 0.6 is 0 Å². The lowest BCUT2D eigenvalue weighted by molar-refractivity contribution is 0.595. The molecule has 4 heteroatoms. The summed E-state index contributed by atoms with van der Waals surface area (Å²) in [5.74, 6) is 0.447. The van der Waals surface area contributed by atoms with Crippen LogP contribution in [-0.4, -0.2) is 26.5 Å². The molecule has 0 bridgehead atoms. The number of sulfone groups is 1. The van der Waals surface area contributed by atoms with E-state index in [-0.39, 0.29) is 11.5 Å². The van der Waals surface area contributed by atoms with Crippen LogP contribution in [0.4, 0.5) is 5.69 Å². The van der Waals surface area contributed by atoms with E-state index in [1.165, 1.54) is 5.56 Å². The van der Waals surface area contributed by atoms with Crippen LogP contribution in [0.15, 0.2) is 54.6 Å². The first-order valence-corrected chi connectivity index (χ1v) is 9.02. The van der Waals surface area contributed by atoms with Crippen molar-refractivity contribution in [2.75, 3.05) is 23.4 Å². The molecule has 0 amide bonds. The highest BCUT2D eigenvalue weighted by atomic mass is 32.2. The largest absolute Gasteiger partial charge is 0.384 e. The molecule has 0 aliphatic heterocycles. The van der Waals surface area contributed by atoms with E-state index in [1.54, 1.807) is 0 Å². The monoisotopic (exact) mass is 303 g/mol. The van der Waals surface area contributed by atoms with Gasteiger partial charge in [-0.05, 0) is 29.7 Å². The fourth-order valence-corrected chi connectivity index (χ4v) is 3.41. The molecule has 112 valence electrons. The molecule has 0 fully saturated rings. The van der Waals surface area contributed by atoms with Gasteiger partial charge in [0.1, 0.15) is 0 Å². The van der Waals surface area contributed by atoms with Crippen LogP contribution in [0, 0.1) is 0 Å². The Bertz CT molecular complexity index is 649. The van der Waals surface area contributed by atoms with Crippen LogP contribution < -0.4 is 5.32 Å². The smallest absolute Gasteiger partial charge is 0.152 e. The van der Waals surface area contributed by atoms with Gasteiger partial charge in [-0.3, -0.25) is 0 Å². The lowest BCUT2D eigenvalue weighted by atomic mass is 10.1.